The highest BCUT2D eigenvalue weighted by Gasteiger charge is 2.40. The molecule has 2 aliphatic rings. The van der Waals surface area contributed by atoms with Gasteiger partial charge in [-0.05, 0) is 25.0 Å². The Morgan fingerprint density at radius 3 is 2.30 bits per heavy atom. The molecule has 1 aliphatic carbocycles. The molecule has 0 atom stereocenters. The molecule has 20 heavy (non-hydrogen) atoms. The Balaban J connectivity index is 1.64. The fraction of sp³-hybridized carbons (Fsp3) is 0.571. The molecule has 1 aromatic rings. The highest BCUT2D eigenvalue weighted by atomic mass is 19.2. The Morgan fingerprint density at radius 2 is 1.65 bits per heavy atom. The van der Waals surface area contributed by atoms with Crippen molar-refractivity contribution in [1.82, 2.24) is 0 Å². The molecule has 0 bridgehead atoms. The molecule has 2 fully saturated rings. The lowest BCUT2D eigenvalue weighted by molar-refractivity contribution is -0.177. The van der Waals surface area contributed by atoms with Crippen molar-refractivity contribution in [3.05, 3.63) is 29.6 Å². The number of nitrogens with one attached hydrogen (secondary N) is 1. The molecule has 6 heteroatoms. The number of anilines is 1. The van der Waals surface area contributed by atoms with Gasteiger partial charge in [0.25, 0.3) is 0 Å². The first kappa shape index (κ1) is 13.7. The molecule has 1 saturated carbocycles. The zero-order valence-electron chi connectivity index (χ0n) is 10.9. The van der Waals surface area contributed by atoms with Crippen LogP contribution in [0.25, 0.3) is 0 Å². The van der Waals surface area contributed by atoms with Crippen LogP contribution in [0.4, 0.5) is 18.9 Å². The predicted octanol–water partition coefficient (Wildman–Crippen LogP) is 3.20. The third-order valence-electron chi connectivity index (χ3n) is 3.96. The number of rotatable bonds is 2. The van der Waals surface area contributed by atoms with Gasteiger partial charge in [0.1, 0.15) is 0 Å². The van der Waals surface area contributed by atoms with Gasteiger partial charge in [-0.25, -0.2) is 13.2 Å². The van der Waals surface area contributed by atoms with Gasteiger partial charge in [-0.2, -0.15) is 0 Å². The summed E-state index contributed by atoms with van der Waals surface area (Å²) in [6.07, 6.45) is 2.91. The third-order valence-corrected chi connectivity index (χ3v) is 3.96. The van der Waals surface area contributed by atoms with Crippen LogP contribution in [0.3, 0.4) is 0 Å². The molecule has 110 valence electrons. The quantitative estimate of drug-likeness (QED) is 0.847. The van der Waals surface area contributed by atoms with Crippen molar-refractivity contribution in [3.63, 3.8) is 0 Å². The summed E-state index contributed by atoms with van der Waals surface area (Å²) in [4.78, 5) is 0. The second-order valence-electron chi connectivity index (χ2n) is 5.25. The average molecular weight is 287 g/mol. The molecule has 1 spiro atoms. The van der Waals surface area contributed by atoms with Crippen LogP contribution in [0.5, 0.6) is 0 Å². The van der Waals surface area contributed by atoms with Crippen LogP contribution in [-0.2, 0) is 9.47 Å². The van der Waals surface area contributed by atoms with Gasteiger partial charge < -0.3 is 14.8 Å². The van der Waals surface area contributed by atoms with E-state index >= 15 is 0 Å². The van der Waals surface area contributed by atoms with E-state index < -0.39 is 23.2 Å². The Kier molecular flexibility index (Phi) is 3.60. The topological polar surface area (TPSA) is 30.5 Å². The number of hydrogen-bond acceptors (Lipinski definition) is 3. The van der Waals surface area contributed by atoms with Gasteiger partial charge in [0.15, 0.2) is 23.2 Å². The minimum atomic E-state index is -1.44. The summed E-state index contributed by atoms with van der Waals surface area (Å²) >= 11 is 0. The number of hydrogen-bond donors (Lipinski definition) is 1. The molecule has 3 rings (SSSR count). The fourth-order valence-corrected chi connectivity index (χ4v) is 2.84. The molecule has 0 amide bonds. The smallest absolute Gasteiger partial charge is 0.196 e. The van der Waals surface area contributed by atoms with E-state index in [0.29, 0.717) is 13.2 Å². The van der Waals surface area contributed by atoms with Gasteiger partial charge in [-0.1, -0.05) is 0 Å². The number of ether oxygens (including phenoxy) is 2. The molecule has 0 unspecified atom stereocenters. The van der Waals surface area contributed by atoms with Gasteiger partial charge in [0.2, 0.25) is 0 Å². The van der Waals surface area contributed by atoms with E-state index in [9.17, 15) is 13.2 Å². The Labute approximate surface area is 115 Å². The van der Waals surface area contributed by atoms with Gasteiger partial charge in [0.05, 0.1) is 18.9 Å². The molecule has 0 aromatic heterocycles. The van der Waals surface area contributed by atoms with E-state index in [0.717, 1.165) is 31.7 Å². The summed E-state index contributed by atoms with van der Waals surface area (Å²) in [7, 11) is 0. The van der Waals surface area contributed by atoms with Gasteiger partial charge in [0, 0.05) is 18.9 Å². The van der Waals surface area contributed by atoms with Crippen molar-refractivity contribution in [2.75, 3.05) is 18.5 Å². The van der Waals surface area contributed by atoms with Crippen molar-refractivity contribution in [2.45, 2.75) is 37.5 Å². The van der Waals surface area contributed by atoms with Gasteiger partial charge in [-0.3, -0.25) is 0 Å². The lowest BCUT2D eigenvalue weighted by Crippen LogP contribution is -2.39. The summed E-state index contributed by atoms with van der Waals surface area (Å²) in [6.45, 7) is 1.21. The van der Waals surface area contributed by atoms with Crippen molar-refractivity contribution >= 4 is 5.69 Å². The van der Waals surface area contributed by atoms with E-state index in [4.69, 9.17) is 9.47 Å². The molecular formula is C14H16F3NO2. The lowest BCUT2D eigenvalue weighted by atomic mass is 9.90. The third kappa shape index (κ3) is 2.50. The maximum atomic E-state index is 13.6. The van der Waals surface area contributed by atoms with Crippen molar-refractivity contribution in [3.8, 4) is 0 Å². The fourth-order valence-electron chi connectivity index (χ4n) is 2.84. The highest BCUT2D eigenvalue weighted by Crippen LogP contribution is 2.37. The summed E-state index contributed by atoms with van der Waals surface area (Å²) in [5.74, 6) is -4.27. The van der Waals surface area contributed by atoms with Crippen molar-refractivity contribution < 1.29 is 22.6 Å². The average Bonchev–Trinajstić information content (AvgIpc) is 2.91. The molecule has 3 nitrogen and oxygen atoms in total. The molecule has 1 aliphatic heterocycles. The summed E-state index contributed by atoms with van der Waals surface area (Å²) in [6, 6.07) is 2.15. The number of halogens is 3. The van der Waals surface area contributed by atoms with E-state index in [2.05, 4.69) is 5.32 Å². The maximum absolute atomic E-state index is 13.6. The monoisotopic (exact) mass is 287 g/mol. The number of benzene rings is 1. The standard InChI is InChI=1S/C14H16F3NO2/c15-10-1-2-11(13(17)12(10)16)18-9-3-5-14(6-4-9)19-7-8-20-14/h1-2,9,18H,3-8H2. The largest absolute Gasteiger partial charge is 0.380 e. The lowest BCUT2D eigenvalue weighted by Gasteiger charge is -2.36. The first-order chi connectivity index (χ1) is 9.60. The van der Waals surface area contributed by atoms with Crippen molar-refractivity contribution in [2.24, 2.45) is 0 Å². The van der Waals surface area contributed by atoms with Crippen LogP contribution in [0, 0.1) is 17.5 Å². The first-order valence-electron chi connectivity index (χ1n) is 6.78. The van der Waals surface area contributed by atoms with Crippen LogP contribution >= 0.6 is 0 Å². The van der Waals surface area contributed by atoms with Crippen LogP contribution in [0.1, 0.15) is 25.7 Å². The Bertz CT molecular complexity index is 493. The SMILES string of the molecule is Fc1ccc(NC2CCC3(CC2)OCCO3)c(F)c1F. The molecule has 1 N–H and O–H groups in total. The van der Waals surface area contributed by atoms with E-state index in [1.807, 2.05) is 0 Å². The summed E-state index contributed by atoms with van der Waals surface area (Å²) in [5, 5.41) is 2.93. The highest BCUT2D eigenvalue weighted by molar-refractivity contribution is 5.46. The minimum Gasteiger partial charge on any atom is -0.380 e. The maximum Gasteiger partial charge on any atom is 0.196 e. The van der Waals surface area contributed by atoms with Gasteiger partial charge >= 0.3 is 0 Å². The zero-order valence-corrected chi connectivity index (χ0v) is 10.9. The minimum absolute atomic E-state index is 0.00175. The first-order valence-corrected chi connectivity index (χ1v) is 6.78. The second-order valence-corrected chi connectivity index (χ2v) is 5.25. The predicted molar refractivity (Wildman–Crippen MR) is 66.8 cm³/mol. The normalized spacial score (nSPS) is 22.4. The molecule has 1 heterocycles. The molecule has 1 aromatic carbocycles. The molecular weight excluding hydrogens is 271 g/mol. The molecule has 1 saturated heterocycles. The van der Waals surface area contributed by atoms with E-state index in [-0.39, 0.29) is 11.7 Å². The van der Waals surface area contributed by atoms with E-state index in [1.54, 1.807) is 0 Å². The van der Waals surface area contributed by atoms with Crippen LogP contribution in [0.15, 0.2) is 12.1 Å². The van der Waals surface area contributed by atoms with Crippen LogP contribution in [0.2, 0.25) is 0 Å². The van der Waals surface area contributed by atoms with Crippen LogP contribution < -0.4 is 5.32 Å². The van der Waals surface area contributed by atoms with Crippen LogP contribution in [-0.4, -0.2) is 25.0 Å². The Hall–Kier alpha value is -1.27. The van der Waals surface area contributed by atoms with E-state index in [1.165, 1.54) is 6.07 Å². The van der Waals surface area contributed by atoms with Gasteiger partial charge in [-0.15, -0.1) is 0 Å². The molecule has 0 radical (unpaired) electrons. The second kappa shape index (κ2) is 5.26. The summed E-state index contributed by atoms with van der Waals surface area (Å²) < 4.78 is 50.8. The Morgan fingerprint density at radius 1 is 1.00 bits per heavy atom. The van der Waals surface area contributed by atoms with Crippen molar-refractivity contribution in [1.29, 1.82) is 0 Å². The zero-order chi connectivity index (χ0) is 14.2. The summed E-state index contributed by atoms with van der Waals surface area (Å²) in [5.41, 5.74) is -0.00175.